The number of hydrogen-bond acceptors (Lipinski definition) is 6. The molecule has 1 aliphatic heterocycles. The third kappa shape index (κ3) is 3.73. The van der Waals surface area contributed by atoms with Gasteiger partial charge in [0.15, 0.2) is 5.79 Å². The molecular weight excluding hydrogens is 368 g/mol. The van der Waals surface area contributed by atoms with Crippen molar-refractivity contribution in [3.63, 3.8) is 0 Å². The predicted octanol–water partition coefficient (Wildman–Crippen LogP) is 2.80. The maximum Gasteiger partial charge on any atom is 0.326 e. The van der Waals surface area contributed by atoms with Crippen molar-refractivity contribution in [2.75, 3.05) is 20.8 Å². The number of ether oxygens (including phenoxy) is 2. The Hall–Kier alpha value is -2.29. The molecule has 27 heavy (non-hydrogen) atoms. The van der Waals surface area contributed by atoms with E-state index in [1.165, 1.54) is 30.5 Å². The molecule has 1 atom stereocenters. The third-order valence-corrected chi connectivity index (χ3v) is 5.81. The first-order valence-corrected chi connectivity index (χ1v) is 9.39. The Bertz CT molecular complexity index is 832. The standard InChI is InChI=1S/C19H22N2O5S/c1-12-20-15(13-7-5-4-6-8-13)16(27-12)17(22)21-11-19(25-2,26-3)10-9-14(21)18(23)24/h4-8,14H,9-11H2,1-3H3,(H,23,24). The van der Waals surface area contributed by atoms with Crippen LogP contribution in [0.2, 0.25) is 0 Å². The van der Waals surface area contributed by atoms with Crippen molar-refractivity contribution in [2.45, 2.75) is 31.6 Å². The Labute approximate surface area is 161 Å². The largest absolute Gasteiger partial charge is 0.480 e. The number of amides is 1. The van der Waals surface area contributed by atoms with Gasteiger partial charge < -0.3 is 19.5 Å². The number of nitrogens with zero attached hydrogens (tertiary/aromatic N) is 2. The summed E-state index contributed by atoms with van der Waals surface area (Å²) < 4.78 is 10.9. The van der Waals surface area contributed by atoms with Crippen LogP contribution in [0.5, 0.6) is 0 Å². The quantitative estimate of drug-likeness (QED) is 0.790. The van der Waals surface area contributed by atoms with Crippen LogP contribution in [-0.2, 0) is 14.3 Å². The first kappa shape index (κ1) is 19.5. The van der Waals surface area contributed by atoms with Gasteiger partial charge in [-0.3, -0.25) is 4.79 Å². The van der Waals surface area contributed by atoms with E-state index in [1.54, 1.807) is 0 Å². The molecular formula is C19H22N2O5S. The fourth-order valence-electron chi connectivity index (χ4n) is 3.34. The molecule has 1 unspecified atom stereocenters. The van der Waals surface area contributed by atoms with Crippen LogP contribution in [0.1, 0.15) is 27.5 Å². The second-order valence-electron chi connectivity index (χ2n) is 6.42. The van der Waals surface area contributed by atoms with Crippen LogP contribution >= 0.6 is 11.3 Å². The van der Waals surface area contributed by atoms with Crippen LogP contribution in [0.15, 0.2) is 30.3 Å². The molecule has 1 fully saturated rings. The number of likely N-dealkylation sites (tertiary alicyclic amines) is 1. The Morgan fingerprint density at radius 1 is 1.26 bits per heavy atom. The van der Waals surface area contributed by atoms with Crippen LogP contribution < -0.4 is 0 Å². The van der Waals surface area contributed by atoms with Crippen molar-refractivity contribution in [1.29, 1.82) is 0 Å². The minimum Gasteiger partial charge on any atom is -0.480 e. The van der Waals surface area contributed by atoms with Gasteiger partial charge in [0, 0.05) is 26.2 Å². The number of thiazole rings is 1. The summed E-state index contributed by atoms with van der Waals surface area (Å²) >= 11 is 1.26. The molecule has 8 heteroatoms. The molecule has 1 aromatic carbocycles. The summed E-state index contributed by atoms with van der Waals surface area (Å²) in [5.41, 5.74) is 1.39. The van der Waals surface area contributed by atoms with E-state index in [9.17, 15) is 14.7 Å². The van der Waals surface area contributed by atoms with E-state index in [0.29, 0.717) is 17.0 Å². The molecule has 1 aromatic heterocycles. The van der Waals surface area contributed by atoms with Crippen LogP contribution in [0.25, 0.3) is 11.3 Å². The van der Waals surface area contributed by atoms with Gasteiger partial charge in [0.1, 0.15) is 10.9 Å². The maximum atomic E-state index is 13.4. The summed E-state index contributed by atoms with van der Waals surface area (Å²) in [6.07, 6.45) is 0.648. The lowest BCUT2D eigenvalue weighted by molar-refractivity contribution is -0.233. The lowest BCUT2D eigenvalue weighted by Crippen LogP contribution is -2.58. The molecule has 0 saturated carbocycles. The van der Waals surface area contributed by atoms with E-state index in [1.807, 2.05) is 37.3 Å². The van der Waals surface area contributed by atoms with Crippen molar-refractivity contribution in [1.82, 2.24) is 9.88 Å². The highest BCUT2D eigenvalue weighted by Gasteiger charge is 2.45. The number of aromatic nitrogens is 1. The van der Waals surface area contributed by atoms with Gasteiger partial charge in [-0.1, -0.05) is 30.3 Å². The molecule has 1 amide bonds. The van der Waals surface area contributed by atoms with Crippen molar-refractivity contribution in [3.8, 4) is 11.3 Å². The summed E-state index contributed by atoms with van der Waals surface area (Å²) in [6.45, 7) is 1.87. The Morgan fingerprint density at radius 3 is 2.52 bits per heavy atom. The van der Waals surface area contributed by atoms with Gasteiger partial charge in [0.2, 0.25) is 0 Å². The highest BCUT2D eigenvalue weighted by Crippen LogP contribution is 2.34. The van der Waals surface area contributed by atoms with E-state index >= 15 is 0 Å². The zero-order chi connectivity index (χ0) is 19.6. The van der Waals surface area contributed by atoms with Gasteiger partial charge in [0.25, 0.3) is 5.91 Å². The zero-order valence-electron chi connectivity index (χ0n) is 15.5. The molecule has 144 valence electrons. The molecule has 0 radical (unpaired) electrons. The average molecular weight is 390 g/mol. The molecule has 1 aliphatic rings. The predicted molar refractivity (Wildman–Crippen MR) is 101 cm³/mol. The molecule has 3 rings (SSSR count). The molecule has 2 aromatic rings. The second-order valence-corrected chi connectivity index (χ2v) is 7.62. The summed E-state index contributed by atoms with van der Waals surface area (Å²) in [5, 5.41) is 10.4. The summed E-state index contributed by atoms with van der Waals surface area (Å²) in [5.74, 6) is -2.41. The molecule has 0 aliphatic carbocycles. The average Bonchev–Trinajstić information content (AvgIpc) is 3.09. The van der Waals surface area contributed by atoms with Crippen LogP contribution in [0.4, 0.5) is 0 Å². The topological polar surface area (TPSA) is 89.0 Å². The molecule has 7 nitrogen and oxygen atoms in total. The Morgan fingerprint density at radius 2 is 1.93 bits per heavy atom. The van der Waals surface area contributed by atoms with E-state index in [0.717, 1.165) is 10.6 Å². The highest BCUT2D eigenvalue weighted by molar-refractivity contribution is 7.14. The number of benzene rings is 1. The summed E-state index contributed by atoms with van der Waals surface area (Å²) in [4.78, 5) is 31.4. The summed E-state index contributed by atoms with van der Waals surface area (Å²) in [6, 6.07) is 8.47. The number of piperidine rings is 1. The molecule has 1 saturated heterocycles. The van der Waals surface area contributed by atoms with E-state index in [4.69, 9.17) is 9.47 Å². The van der Waals surface area contributed by atoms with Gasteiger partial charge >= 0.3 is 5.97 Å². The normalized spacial score (nSPS) is 19.1. The number of carboxylic acid groups (broad SMARTS) is 1. The van der Waals surface area contributed by atoms with Gasteiger partial charge in [-0.05, 0) is 13.3 Å². The van der Waals surface area contributed by atoms with E-state index < -0.39 is 17.8 Å². The van der Waals surface area contributed by atoms with Gasteiger partial charge in [0.05, 0.1) is 17.2 Å². The highest BCUT2D eigenvalue weighted by atomic mass is 32.1. The number of aryl methyl sites for hydroxylation is 1. The first-order valence-electron chi connectivity index (χ1n) is 8.57. The van der Waals surface area contributed by atoms with Gasteiger partial charge in [-0.25, -0.2) is 9.78 Å². The monoisotopic (exact) mass is 390 g/mol. The van der Waals surface area contributed by atoms with E-state index in [2.05, 4.69) is 4.98 Å². The van der Waals surface area contributed by atoms with Gasteiger partial charge in [-0.2, -0.15) is 0 Å². The fraction of sp³-hybridized carbons (Fsp3) is 0.421. The molecule has 0 bridgehead atoms. The Kier molecular flexibility index (Phi) is 5.59. The number of aliphatic carboxylic acids is 1. The zero-order valence-corrected chi connectivity index (χ0v) is 16.3. The lowest BCUT2D eigenvalue weighted by Gasteiger charge is -2.43. The number of rotatable bonds is 5. The van der Waals surface area contributed by atoms with Crippen molar-refractivity contribution in [3.05, 3.63) is 40.2 Å². The number of carboxylic acids is 1. The number of methoxy groups -OCH3 is 2. The van der Waals surface area contributed by atoms with Crippen molar-refractivity contribution in [2.24, 2.45) is 0 Å². The molecule has 0 spiro atoms. The molecule has 2 heterocycles. The smallest absolute Gasteiger partial charge is 0.326 e. The minimum absolute atomic E-state index is 0.0426. The lowest BCUT2D eigenvalue weighted by atomic mass is 9.96. The number of carbonyl (C=O) groups is 2. The second kappa shape index (κ2) is 7.75. The van der Waals surface area contributed by atoms with Crippen molar-refractivity contribution >= 4 is 23.2 Å². The minimum atomic E-state index is -1.04. The third-order valence-electron chi connectivity index (χ3n) is 4.85. The summed E-state index contributed by atoms with van der Waals surface area (Å²) in [7, 11) is 3.00. The maximum absolute atomic E-state index is 13.4. The van der Waals surface area contributed by atoms with E-state index in [-0.39, 0.29) is 18.9 Å². The number of hydrogen-bond donors (Lipinski definition) is 1. The van der Waals surface area contributed by atoms with Crippen LogP contribution in [0.3, 0.4) is 0 Å². The SMILES string of the molecule is COC1(OC)CCC(C(=O)O)N(C(=O)c2sc(C)nc2-c2ccccc2)C1. The number of carbonyl (C=O) groups excluding carboxylic acids is 1. The molecule has 1 N–H and O–H groups in total. The van der Waals surface area contributed by atoms with Gasteiger partial charge in [-0.15, -0.1) is 11.3 Å². The van der Waals surface area contributed by atoms with Crippen LogP contribution in [0, 0.1) is 6.92 Å². The first-order chi connectivity index (χ1) is 12.9. The van der Waals surface area contributed by atoms with Crippen molar-refractivity contribution < 1.29 is 24.2 Å². The van der Waals surface area contributed by atoms with Crippen LogP contribution in [-0.4, -0.2) is 59.5 Å². The Balaban J connectivity index is 2.01. The fourth-order valence-corrected chi connectivity index (χ4v) is 4.24.